The Morgan fingerprint density at radius 1 is 1.22 bits per heavy atom. The SMILES string of the molecule is CCCCC(CC)CC(=O)C1CN2CCN1CC2. The van der Waals surface area contributed by atoms with Crippen molar-refractivity contribution >= 4 is 5.78 Å². The van der Waals surface area contributed by atoms with Crippen LogP contribution in [-0.4, -0.2) is 54.3 Å². The summed E-state index contributed by atoms with van der Waals surface area (Å²) in [6.07, 6.45) is 5.71. The second-order valence-electron chi connectivity index (χ2n) is 5.94. The van der Waals surface area contributed by atoms with Crippen molar-refractivity contribution in [1.82, 2.24) is 9.80 Å². The smallest absolute Gasteiger partial charge is 0.151 e. The number of hydrogen-bond acceptors (Lipinski definition) is 3. The molecule has 0 radical (unpaired) electrons. The van der Waals surface area contributed by atoms with Gasteiger partial charge in [-0.05, 0) is 5.92 Å². The van der Waals surface area contributed by atoms with E-state index in [0.717, 1.165) is 45.6 Å². The van der Waals surface area contributed by atoms with E-state index in [1.807, 2.05) is 0 Å². The van der Waals surface area contributed by atoms with Crippen molar-refractivity contribution < 1.29 is 4.79 Å². The molecule has 18 heavy (non-hydrogen) atoms. The fourth-order valence-corrected chi connectivity index (χ4v) is 3.29. The molecule has 0 aromatic carbocycles. The molecule has 0 saturated carbocycles. The highest BCUT2D eigenvalue weighted by molar-refractivity contribution is 5.84. The minimum Gasteiger partial charge on any atom is -0.299 e. The van der Waals surface area contributed by atoms with Gasteiger partial charge in [-0.1, -0.05) is 39.5 Å². The molecule has 2 unspecified atom stereocenters. The van der Waals surface area contributed by atoms with Crippen molar-refractivity contribution in [2.24, 2.45) is 5.92 Å². The summed E-state index contributed by atoms with van der Waals surface area (Å²) in [5, 5.41) is 0. The standard InChI is InChI=1S/C15H28N2O/c1-3-5-6-13(4-2)11-15(18)14-12-16-7-9-17(14)10-8-16/h13-14H,3-12H2,1-2H3. The largest absolute Gasteiger partial charge is 0.299 e. The topological polar surface area (TPSA) is 23.6 Å². The molecule has 3 fully saturated rings. The van der Waals surface area contributed by atoms with Crippen LogP contribution in [0.1, 0.15) is 46.0 Å². The third kappa shape index (κ3) is 3.33. The molecule has 0 aromatic heterocycles. The molecule has 3 rings (SSSR count). The number of ketones is 1. The lowest BCUT2D eigenvalue weighted by Crippen LogP contribution is -2.63. The summed E-state index contributed by atoms with van der Waals surface area (Å²) in [5.74, 6) is 1.12. The summed E-state index contributed by atoms with van der Waals surface area (Å²) >= 11 is 0. The average molecular weight is 252 g/mol. The van der Waals surface area contributed by atoms with Crippen LogP contribution in [0.2, 0.25) is 0 Å². The van der Waals surface area contributed by atoms with Crippen molar-refractivity contribution in [3.05, 3.63) is 0 Å². The van der Waals surface area contributed by atoms with E-state index < -0.39 is 0 Å². The summed E-state index contributed by atoms with van der Waals surface area (Å²) in [7, 11) is 0. The molecule has 0 aliphatic carbocycles. The molecule has 0 amide bonds. The van der Waals surface area contributed by atoms with E-state index in [1.165, 1.54) is 19.3 Å². The van der Waals surface area contributed by atoms with E-state index in [0.29, 0.717) is 11.7 Å². The Hall–Kier alpha value is -0.410. The predicted molar refractivity (Wildman–Crippen MR) is 74.7 cm³/mol. The van der Waals surface area contributed by atoms with Gasteiger partial charge in [-0.15, -0.1) is 0 Å². The highest BCUT2D eigenvalue weighted by Crippen LogP contribution is 2.22. The first-order valence-corrected chi connectivity index (χ1v) is 7.73. The van der Waals surface area contributed by atoms with Crippen LogP contribution in [0, 0.1) is 5.92 Å². The number of hydrogen-bond donors (Lipinski definition) is 0. The normalized spacial score (nSPS) is 32.4. The molecule has 2 bridgehead atoms. The number of unbranched alkanes of at least 4 members (excludes halogenated alkanes) is 1. The van der Waals surface area contributed by atoms with Gasteiger partial charge in [-0.25, -0.2) is 0 Å². The zero-order chi connectivity index (χ0) is 13.0. The summed E-state index contributed by atoms with van der Waals surface area (Å²) in [4.78, 5) is 17.3. The lowest BCUT2D eigenvalue weighted by molar-refractivity contribution is -0.130. The number of nitrogens with zero attached hydrogens (tertiary/aromatic N) is 2. The van der Waals surface area contributed by atoms with Crippen LogP contribution >= 0.6 is 0 Å². The molecular formula is C15H28N2O. The second kappa shape index (κ2) is 6.67. The highest BCUT2D eigenvalue weighted by atomic mass is 16.1. The van der Waals surface area contributed by atoms with Gasteiger partial charge in [0.2, 0.25) is 0 Å². The monoisotopic (exact) mass is 252 g/mol. The number of Topliss-reactive ketones (excluding diaryl/α,β-unsaturated/α-hetero) is 1. The molecule has 104 valence electrons. The van der Waals surface area contributed by atoms with E-state index in [4.69, 9.17) is 0 Å². The Kier molecular flexibility index (Phi) is 5.19. The summed E-state index contributed by atoms with van der Waals surface area (Å²) in [6.45, 7) is 9.97. The molecule has 3 aliphatic heterocycles. The number of rotatable bonds is 7. The van der Waals surface area contributed by atoms with E-state index in [-0.39, 0.29) is 6.04 Å². The number of fused-ring (bicyclic) bond motifs is 3. The van der Waals surface area contributed by atoms with Crippen LogP contribution in [0.4, 0.5) is 0 Å². The molecule has 0 N–H and O–H groups in total. The summed E-state index contributed by atoms with van der Waals surface area (Å²) < 4.78 is 0. The zero-order valence-electron chi connectivity index (χ0n) is 12.0. The third-order valence-corrected chi connectivity index (χ3v) is 4.68. The third-order valence-electron chi connectivity index (χ3n) is 4.68. The van der Waals surface area contributed by atoms with Crippen LogP contribution in [-0.2, 0) is 4.79 Å². The predicted octanol–water partition coefficient (Wildman–Crippen LogP) is 2.16. The first-order valence-electron chi connectivity index (χ1n) is 7.73. The summed E-state index contributed by atoms with van der Waals surface area (Å²) in [5.41, 5.74) is 0. The Balaban J connectivity index is 1.83. The van der Waals surface area contributed by atoms with E-state index >= 15 is 0 Å². The minimum absolute atomic E-state index is 0.211. The molecule has 3 nitrogen and oxygen atoms in total. The van der Waals surface area contributed by atoms with Gasteiger partial charge < -0.3 is 0 Å². The first kappa shape index (κ1) is 14.0. The molecule has 2 atom stereocenters. The van der Waals surface area contributed by atoms with Gasteiger partial charge in [0.15, 0.2) is 5.78 Å². The molecule has 0 aromatic rings. The van der Waals surface area contributed by atoms with Gasteiger partial charge in [0.05, 0.1) is 6.04 Å². The fourth-order valence-electron chi connectivity index (χ4n) is 3.29. The molecule has 3 saturated heterocycles. The van der Waals surface area contributed by atoms with Crippen molar-refractivity contribution in [3.63, 3.8) is 0 Å². The molecular weight excluding hydrogens is 224 g/mol. The van der Waals surface area contributed by atoms with Gasteiger partial charge >= 0.3 is 0 Å². The van der Waals surface area contributed by atoms with E-state index in [9.17, 15) is 4.79 Å². The maximum absolute atomic E-state index is 12.5. The zero-order valence-corrected chi connectivity index (χ0v) is 12.0. The highest BCUT2D eigenvalue weighted by Gasteiger charge is 2.36. The Bertz CT molecular complexity index is 272. The first-order chi connectivity index (χ1) is 8.74. The van der Waals surface area contributed by atoms with Crippen LogP contribution in [0.3, 0.4) is 0 Å². The molecule has 3 aliphatic rings. The van der Waals surface area contributed by atoms with Crippen molar-refractivity contribution in [1.29, 1.82) is 0 Å². The van der Waals surface area contributed by atoms with Crippen molar-refractivity contribution in [2.45, 2.75) is 52.0 Å². The minimum atomic E-state index is 0.211. The van der Waals surface area contributed by atoms with Crippen LogP contribution in [0.15, 0.2) is 0 Å². The van der Waals surface area contributed by atoms with E-state index in [1.54, 1.807) is 0 Å². The number of carbonyl (C=O) groups excluding carboxylic acids is 1. The fraction of sp³-hybridized carbons (Fsp3) is 0.933. The lowest BCUT2D eigenvalue weighted by atomic mass is 9.90. The van der Waals surface area contributed by atoms with Gasteiger partial charge in [0, 0.05) is 39.1 Å². The maximum atomic E-state index is 12.5. The van der Waals surface area contributed by atoms with Crippen molar-refractivity contribution in [2.75, 3.05) is 32.7 Å². The number of piperazine rings is 3. The van der Waals surface area contributed by atoms with Crippen LogP contribution in [0.25, 0.3) is 0 Å². The Morgan fingerprint density at radius 2 is 1.94 bits per heavy atom. The molecule has 3 heteroatoms. The van der Waals surface area contributed by atoms with Crippen LogP contribution in [0.5, 0.6) is 0 Å². The number of carbonyl (C=O) groups is 1. The summed E-state index contributed by atoms with van der Waals surface area (Å²) in [6, 6.07) is 0.211. The van der Waals surface area contributed by atoms with Crippen molar-refractivity contribution in [3.8, 4) is 0 Å². The van der Waals surface area contributed by atoms with Gasteiger partial charge in [0.1, 0.15) is 0 Å². The van der Waals surface area contributed by atoms with Gasteiger partial charge in [-0.3, -0.25) is 14.6 Å². The maximum Gasteiger partial charge on any atom is 0.151 e. The van der Waals surface area contributed by atoms with E-state index in [2.05, 4.69) is 23.6 Å². The quantitative estimate of drug-likeness (QED) is 0.694. The average Bonchev–Trinajstić information content (AvgIpc) is 2.44. The molecule has 0 spiro atoms. The second-order valence-corrected chi connectivity index (χ2v) is 5.94. The Morgan fingerprint density at radius 3 is 2.44 bits per heavy atom. The van der Waals surface area contributed by atoms with Crippen LogP contribution < -0.4 is 0 Å². The Labute approximate surface area is 112 Å². The molecule has 3 heterocycles. The van der Waals surface area contributed by atoms with Gasteiger partial charge in [-0.2, -0.15) is 0 Å². The van der Waals surface area contributed by atoms with Gasteiger partial charge in [0.25, 0.3) is 0 Å². The lowest BCUT2D eigenvalue weighted by Gasteiger charge is -2.47.